The molecule has 1 amide bonds. The molecule has 156 valence electrons. The van der Waals surface area contributed by atoms with Gasteiger partial charge in [0.2, 0.25) is 10.0 Å². The Hall–Kier alpha value is -2.48. The number of thioether (sulfide) groups is 1. The number of carbonyl (C=O) groups excluding carboxylic acids is 1. The van der Waals surface area contributed by atoms with Crippen molar-refractivity contribution in [1.82, 2.24) is 0 Å². The molecular formula is C22H21ClN2O3S2. The fourth-order valence-corrected chi connectivity index (χ4v) is 4.53. The molecule has 0 aliphatic heterocycles. The summed E-state index contributed by atoms with van der Waals surface area (Å²) in [6.45, 7) is 0.102. The number of nitrogens with one attached hydrogen (secondary N) is 1. The highest BCUT2D eigenvalue weighted by Gasteiger charge is 2.19. The lowest BCUT2D eigenvalue weighted by atomic mass is 10.1. The van der Waals surface area contributed by atoms with Crippen LogP contribution in [-0.2, 0) is 16.6 Å². The molecule has 3 aromatic carbocycles. The van der Waals surface area contributed by atoms with Crippen LogP contribution in [0.5, 0.6) is 0 Å². The van der Waals surface area contributed by atoms with Crippen LogP contribution < -0.4 is 9.62 Å². The molecule has 0 aliphatic rings. The van der Waals surface area contributed by atoms with Gasteiger partial charge in [-0.1, -0.05) is 41.9 Å². The van der Waals surface area contributed by atoms with Gasteiger partial charge in [0.1, 0.15) is 0 Å². The molecule has 0 spiro atoms. The maximum absolute atomic E-state index is 12.6. The average Bonchev–Trinajstić information content (AvgIpc) is 2.73. The molecule has 0 saturated carbocycles. The van der Waals surface area contributed by atoms with Gasteiger partial charge >= 0.3 is 0 Å². The number of nitrogens with zero attached hydrogens (tertiary/aromatic N) is 1. The van der Waals surface area contributed by atoms with Crippen LogP contribution >= 0.6 is 23.4 Å². The Bertz CT molecular complexity index is 1150. The molecule has 30 heavy (non-hydrogen) atoms. The van der Waals surface area contributed by atoms with E-state index in [1.807, 2.05) is 36.6 Å². The molecule has 0 bridgehead atoms. The SMILES string of the molecule is CSc1ccccc1NC(=O)c1ccc(N(Cc2ccccc2Cl)S(C)(=O)=O)cc1. The number of amides is 1. The Morgan fingerprint density at radius 1 is 1.00 bits per heavy atom. The third-order valence-electron chi connectivity index (χ3n) is 4.44. The number of halogens is 1. The van der Waals surface area contributed by atoms with E-state index < -0.39 is 10.0 Å². The largest absolute Gasteiger partial charge is 0.321 e. The van der Waals surface area contributed by atoms with Crippen molar-refractivity contribution in [3.05, 3.63) is 88.9 Å². The monoisotopic (exact) mass is 460 g/mol. The molecule has 0 fully saturated rings. The second-order valence-electron chi connectivity index (χ2n) is 6.56. The Morgan fingerprint density at radius 3 is 2.27 bits per heavy atom. The first-order valence-corrected chi connectivity index (χ1v) is 12.5. The van der Waals surface area contributed by atoms with Crippen LogP contribution in [0.15, 0.2) is 77.7 Å². The summed E-state index contributed by atoms with van der Waals surface area (Å²) < 4.78 is 26.0. The van der Waals surface area contributed by atoms with Crippen molar-refractivity contribution in [3.8, 4) is 0 Å². The van der Waals surface area contributed by atoms with Crippen molar-refractivity contribution in [1.29, 1.82) is 0 Å². The van der Waals surface area contributed by atoms with E-state index in [-0.39, 0.29) is 12.5 Å². The molecule has 3 rings (SSSR count). The summed E-state index contributed by atoms with van der Waals surface area (Å²) in [5, 5.41) is 3.39. The number of rotatable bonds is 7. The topological polar surface area (TPSA) is 66.5 Å². The third-order valence-corrected chi connectivity index (χ3v) is 6.75. The molecule has 0 aromatic heterocycles. The Balaban J connectivity index is 1.83. The maximum Gasteiger partial charge on any atom is 0.255 e. The number of hydrogen-bond donors (Lipinski definition) is 1. The third kappa shape index (κ3) is 5.36. The van der Waals surface area contributed by atoms with Gasteiger partial charge in [-0.15, -0.1) is 11.8 Å². The minimum Gasteiger partial charge on any atom is -0.321 e. The van der Waals surface area contributed by atoms with E-state index in [1.165, 1.54) is 4.31 Å². The number of anilines is 2. The lowest BCUT2D eigenvalue weighted by molar-refractivity contribution is 0.102. The summed E-state index contributed by atoms with van der Waals surface area (Å²) in [6, 6.07) is 21.1. The normalized spacial score (nSPS) is 11.2. The van der Waals surface area contributed by atoms with Crippen LogP contribution in [0.1, 0.15) is 15.9 Å². The Labute approximate surface area is 186 Å². The predicted molar refractivity (Wildman–Crippen MR) is 125 cm³/mol. The lowest BCUT2D eigenvalue weighted by Gasteiger charge is -2.23. The lowest BCUT2D eigenvalue weighted by Crippen LogP contribution is -2.29. The quantitative estimate of drug-likeness (QED) is 0.487. The van der Waals surface area contributed by atoms with Crippen LogP contribution in [0.25, 0.3) is 0 Å². The molecule has 0 aliphatic carbocycles. The van der Waals surface area contributed by atoms with Crippen molar-refractivity contribution in [2.75, 3.05) is 22.1 Å². The Kier molecular flexibility index (Phi) is 7.07. The standard InChI is InChI=1S/C22H21ClN2O3S2/c1-29-21-10-6-5-9-20(21)24-22(26)16-11-13-18(14-12-16)25(30(2,27)28)15-17-7-3-4-8-19(17)23/h3-14H,15H2,1-2H3,(H,24,26). The van der Waals surface area contributed by atoms with Gasteiger partial charge < -0.3 is 5.32 Å². The zero-order valence-corrected chi connectivity index (χ0v) is 18.9. The fourth-order valence-electron chi connectivity index (χ4n) is 2.90. The number of carbonyl (C=O) groups is 1. The van der Waals surface area contributed by atoms with Gasteiger partial charge in [0, 0.05) is 15.5 Å². The van der Waals surface area contributed by atoms with E-state index in [0.29, 0.717) is 21.8 Å². The number of benzene rings is 3. The molecule has 3 aromatic rings. The maximum atomic E-state index is 12.6. The number of sulfonamides is 1. The zero-order valence-electron chi connectivity index (χ0n) is 16.5. The smallest absolute Gasteiger partial charge is 0.255 e. The van der Waals surface area contributed by atoms with Crippen molar-refractivity contribution in [2.45, 2.75) is 11.4 Å². The summed E-state index contributed by atoms with van der Waals surface area (Å²) >= 11 is 7.74. The van der Waals surface area contributed by atoms with Crippen molar-refractivity contribution >= 4 is 50.7 Å². The van der Waals surface area contributed by atoms with Crippen LogP contribution in [-0.4, -0.2) is 26.8 Å². The van der Waals surface area contributed by atoms with E-state index in [9.17, 15) is 13.2 Å². The molecule has 8 heteroatoms. The Morgan fingerprint density at radius 2 is 1.63 bits per heavy atom. The van der Waals surface area contributed by atoms with Gasteiger partial charge in [-0.3, -0.25) is 9.10 Å². The molecule has 1 N–H and O–H groups in total. The van der Waals surface area contributed by atoms with Crippen molar-refractivity contribution in [2.24, 2.45) is 0 Å². The summed E-state index contributed by atoms with van der Waals surface area (Å²) in [5.74, 6) is -0.264. The van der Waals surface area contributed by atoms with Gasteiger partial charge in [0.05, 0.1) is 24.2 Å². The second-order valence-corrected chi connectivity index (χ2v) is 9.72. The summed E-state index contributed by atoms with van der Waals surface area (Å²) in [4.78, 5) is 13.6. The van der Waals surface area contributed by atoms with Gasteiger partial charge in [0.25, 0.3) is 5.91 Å². The predicted octanol–water partition coefficient (Wildman–Crippen LogP) is 5.28. The van der Waals surface area contributed by atoms with E-state index in [2.05, 4.69) is 5.32 Å². The van der Waals surface area contributed by atoms with Crippen molar-refractivity contribution in [3.63, 3.8) is 0 Å². The van der Waals surface area contributed by atoms with Crippen LogP contribution in [0.2, 0.25) is 5.02 Å². The van der Waals surface area contributed by atoms with E-state index in [1.54, 1.807) is 54.2 Å². The summed E-state index contributed by atoms with van der Waals surface area (Å²) in [7, 11) is -3.55. The summed E-state index contributed by atoms with van der Waals surface area (Å²) in [5.41, 5.74) is 2.31. The number of para-hydroxylation sites is 1. The van der Waals surface area contributed by atoms with Crippen LogP contribution in [0.4, 0.5) is 11.4 Å². The van der Waals surface area contributed by atoms with E-state index in [0.717, 1.165) is 16.8 Å². The molecule has 0 heterocycles. The highest BCUT2D eigenvalue weighted by atomic mass is 35.5. The molecule has 5 nitrogen and oxygen atoms in total. The minimum absolute atomic E-state index is 0.102. The van der Waals surface area contributed by atoms with Gasteiger partial charge in [-0.25, -0.2) is 8.42 Å². The van der Waals surface area contributed by atoms with Gasteiger partial charge in [-0.2, -0.15) is 0 Å². The molecule has 0 atom stereocenters. The van der Waals surface area contributed by atoms with Crippen LogP contribution in [0.3, 0.4) is 0 Å². The zero-order chi connectivity index (χ0) is 21.7. The molecule has 0 saturated heterocycles. The van der Waals surface area contributed by atoms with Gasteiger partial charge in [-0.05, 0) is 54.3 Å². The highest BCUT2D eigenvalue weighted by molar-refractivity contribution is 7.98. The minimum atomic E-state index is -3.55. The average molecular weight is 461 g/mol. The van der Waals surface area contributed by atoms with E-state index >= 15 is 0 Å². The number of hydrogen-bond acceptors (Lipinski definition) is 4. The molecule has 0 radical (unpaired) electrons. The first kappa shape index (κ1) is 22.2. The fraction of sp³-hybridized carbons (Fsp3) is 0.136. The first-order valence-electron chi connectivity index (χ1n) is 9.05. The van der Waals surface area contributed by atoms with E-state index in [4.69, 9.17) is 11.6 Å². The first-order chi connectivity index (χ1) is 14.3. The van der Waals surface area contributed by atoms with Gasteiger partial charge in [0.15, 0.2) is 0 Å². The highest BCUT2D eigenvalue weighted by Crippen LogP contribution is 2.27. The molecule has 0 unspecified atom stereocenters. The van der Waals surface area contributed by atoms with Crippen LogP contribution in [0, 0.1) is 0 Å². The molecular weight excluding hydrogens is 440 g/mol. The van der Waals surface area contributed by atoms with Crippen molar-refractivity contribution < 1.29 is 13.2 Å². The summed E-state index contributed by atoms with van der Waals surface area (Å²) in [6.07, 6.45) is 3.09. The second kappa shape index (κ2) is 9.55.